The van der Waals surface area contributed by atoms with Crippen LogP contribution >= 0.6 is 0 Å². The fraction of sp³-hybridized carbons (Fsp3) is 0.238. The van der Waals surface area contributed by atoms with Crippen LogP contribution in [0.15, 0.2) is 59.0 Å². The summed E-state index contributed by atoms with van der Waals surface area (Å²) in [5.74, 6) is 0.367. The number of nitriles is 1. The average Bonchev–Trinajstić information content (AvgIpc) is 3.13. The van der Waals surface area contributed by atoms with Crippen LogP contribution in [0.1, 0.15) is 21.7 Å². The first-order chi connectivity index (χ1) is 12.7. The van der Waals surface area contributed by atoms with Crippen molar-refractivity contribution < 1.29 is 9.21 Å². The number of piperazine rings is 1. The number of benzene rings is 2. The summed E-state index contributed by atoms with van der Waals surface area (Å²) >= 11 is 0. The van der Waals surface area contributed by atoms with Crippen molar-refractivity contribution in [2.24, 2.45) is 0 Å². The zero-order valence-electron chi connectivity index (χ0n) is 14.4. The largest absolute Gasteiger partial charge is 0.451 e. The highest BCUT2D eigenvalue weighted by atomic mass is 16.3. The quantitative estimate of drug-likeness (QED) is 0.731. The maximum Gasteiger partial charge on any atom is 0.289 e. The first-order valence-electron chi connectivity index (χ1n) is 8.72. The molecule has 1 fully saturated rings. The molecule has 3 aromatic rings. The van der Waals surface area contributed by atoms with Gasteiger partial charge in [0.05, 0.1) is 11.6 Å². The molecule has 5 nitrogen and oxygen atoms in total. The van der Waals surface area contributed by atoms with Crippen molar-refractivity contribution in [2.75, 3.05) is 26.2 Å². The monoisotopic (exact) mass is 345 g/mol. The van der Waals surface area contributed by atoms with E-state index in [9.17, 15) is 4.79 Å². The van der Waals surface area contributed by atoms with E-state index >= 15 is 0 Å². The molecule has 0 aliphatic carbocycles. The molecule has 26 heavy (non-hydrogen) atoms. The first kappa shape index (κ1) is 16.4. The van der Waals surface area contributed by atoms with E-state index in [2.05, 4.69) is 11.0 Å². The standard InChI is InChI=1S/C21H19N3O2/c22-14-16-5-7-17(8-6-16)15-23-9-11-24(12-10-23)21(25)20-13-18-3-1-2-4-19(18)26-20/h1-8,13H,9-12,15H2. The van der Waals surface area contributed by atoms with Crippen molar-refractivity contribution in [1.82, 2.24) is 9.80 Å². The maximum absolute atomic E-state index is 12.7. The van der Waals surface area contributed by atoms with Crippen molar-refractivity contribution in [3.8, 4) is 6.07 Å². The minimum Gasteiger partial charge on any atom is -0.451 e. The second kappa shape index (κ2) is 7.03. The highest BCUT2D eigenvalue weighted by molar-refractivity contribution is 5.96. The van der Waals surface area contributed by atoms with Gasteiger partial charge in [0, 0.05) is 38.1 Å². The van der Waals surface area contributed by atoms with Gasteiger partial charge in [0.2, 0.25) is 0 Å². The van der Waals surface area contributed by atoms with Crippen molar-refractivity contribution in [3.63, 3.8) is 0 Å². The molecule has 1 aliphatic rings. The Morgan fingerprint density at radius 2 is 1.77 bits per heavy atom. The smallest absolute Gasteiger partial charge is 0.289 e. The number of hydrogen-bond donors (Lipinski definition) is 0. The Morgan fingerprint density at radius 3 is 2.46 bits per heavy atom. The highest BCUT2D eigenvalue weighted by Crippen LogP contribution is 2.21. The average molecular weight is 345 g/mol. The van der Waals surface area contributed by atoms with E-state index in [-0.39, 0.29) is 5.91 Å². The Balaban J connectivity index is 1.36. The van der Waals surface area contributed by atoms with Crippen molar-refractivity contribution in [3.05, 3.63) is 71.5 Å². The maximum atomic E-state index is 12.7. The van der Waals surface area contributed by atoms with Crippen LogP contribution in [0, 0.1) is 11.3 Å². The summed E-state index contributed by atoms with van der Waals surface area (Å²) in [5.41, 5.74) is 2.60. The molecule has 1 aromatic heterocycles. The lowest BCUT2D eigenvalue weighted by Gasteiger charge is -2.34. The SMILES string of the molecule is N#Cc1ccc(CN2CCN(C(=O)c3cc4ccccc4o3)CC2)cc1. The van der Waals surface area contributed by atoms with Gasteiger partial charge in [-0.2, -0.15) is 5.26 Å². The van der Waals surface area contributed by atoms with E-state index in [1.807, 2.05) is 59.5 Å². The normalized spacial score (nSPS) is 15.1. The van der Waals surface area contributed by atoms with Gasteiger partial charge >= 0.3 is 0 Å². The fourth-order valence-electron chi connectivity index (χ4n) is 3.30. The van der Waals surface area contributed by atoms with Crippen LogP contribution in [0.4, 0.5) is 0 Å². The van der Waals surface area contributed by atoms with Gasteiger partial charge in [-0.05, 0) is 29.8 Å². The van der Waals surface area contributed by atoms with Crippen LogP contribution in [0.5, 0.6) is 0 Å². The topological polar surface area (TPSA) is 60.5 Å². The van der Waals surface area contributed by atoms with Gasteiger partial charge in [-0.3, -0.25) is 9.69 Å². The van der Waals surface area contributed by atoms with Crippen LogP contribution in [0.25, 0.3) is 11.0 Å². The van der Waals surface area contributed by atoms with Gasteiger partial charge in [-0.1, -0.05) is 30.3 Å². The molecular weight excluding hydrogens is 326 g/mol. The molecule has 0 spiro atoms. The van der Waals surface area contributed by atoms with Gasteiger partial charge in [-0.25, -0.2) is 0 Å². The lowest BCUT2D eigenvalue weighted by atomic mass is 10.1. The molecule has 130 valence electrons. The first-order valence-corrected chi connectivity index (χ1v) is 8.72. The zero-order chi connectivity index (χ0) is 17.9. The van der Waals surface area contributed by atoms with Crippen LogP contribution in [0.3, 0.4) is 0 Å². The van der Waals surface area contributed by atoms with Crippen LogP contribution in [-0.4, -0.2) is 41.9 Å². The van der Waals surface area contributed by atoms with Gasteiger partial charge in [0.15, 0.2) is 5.76 Å². The summed E-state index contributed by atoms with van der Waals surface area (Å²) in [5, 5.41) is 9.82. The molecule has 0 unspecified atom stereocenters. The van der Waals surface area contributed by atoms with Crippen molar-refractivity contribution >= 4 is 16.9 Å². The van der Waals surface area contributed by atoms with Gasteiger partial charge in [0.25, 0.3) is 5.91 Å². The molecule has 1 amide bonds. The number of hydrogen-bond acceptors (Lipinski definition) is 4. The Morgan fingerprint density at radius 1 is 1.04 bits per heavy atom. The predicted octanol–water partition coefficient (Wildman–Crippen LogP) is 3.26. The molecule has 2 aromatic carbocycles. The Hall–Kier alpha value is -3.10. The summed E-state index contributed by atoms with van der Waals surface area (Å²) in [7, 11) is 0. The molecule has 0 saturated carbocycles. The minimum absolute atomic E-state index is 0.0424. The Kier molecular flexibility index (Phi) is 4.42. The van der Waals surface area contributed by atoms with Crippen molar-refractivity contribution in [2.45, 2.75) is 6.54 Å². The van der Waals surface area contributed by atoms with E-state index < -0.39 is 0 Å². The summed E-state index contributed by atoms with van der Waals surface area (Å²) < 4.78 is 5.70. The summed E-state index contributed by atoms with van der Waals surface area (Å²) in [6, 6.07) is 19.3. The van der Waals surface area contributed by atoms with E-state index in [4.69, 9.17) is 9.68 Å². The zero-order valence-corrected chi connectivity index (χ0v) is 14.4. The van der Waals surface area contributed by atoms with E-state index in [0.29, 0.717) is 24.4 Å². The molecule has 1 aliphatic heterocycles. The number of fused-ring (bicyclic) bond motifs is 1. The molecule has 1 saturated heterocycles. The predicted molar refractivity (Wildman–Crippen MR) is 98.6 cm³/mol. The molecule has 2 heterocycles. The second-order valence-electron chi connectivity index (χ2n) is 6.53. The van der Waals surface area contributed by atoms with Gasteiger partial charge in [0.1, 0.15) is 5.58 Å². The Bertz CT molecular complexity index is 928. The number of rotatable bonds is 3. The number of para-hydroxylation sites is 1. The number of nitrogens with zero attached hydrogens (tertiary/aromatic N) is 3. The molecule has 0 atom stereocenters. The van der Waals surface area contributed by atoms with Crippen LogP contribution < -0.4 is 0 Å². The fourth-order valence-corrected chi connectivity index (χ4v) is 3.30. The summed E-state index contributed by atoms with van der Waals surface area (Å²) in [6.45, 7) is 3.86. The van der Waals surface area contributed by atoms with Gasteiger partial charge in [-0.15, -0.1) is 0 Å². The minimum atomic E-state index is -0.0424. The third kappa shape index (κ3) is 3.32. The van der Waals surface area contributed by atoms with Crippen molar-refractivity contribution in [1.29, 1.82) is 5.26 Å². The van der Waals surface area contributed by atoms with Crippen LogP contribution in [0.2, 0.25) is 0 Å². The van der Waals surface area contributed by atoms with Gasteiger partial charge < -0.3 is 9.32 Å². The lowest BCUT2D eigenvalue weighted by molar-refractivity contribution is 0.0600. The summed E-state index contributed by atoms with van der Waals surface area (Å²) in [4.78, 5) is 16.9. The lowest BCUT2D eigenvalue weighted by Crippen LogP contribution is -2.48. The van der Waals surface area contributed by atoms with Crippen LogP contribution in [-0.2, 0) is 6.54 Å². The van der Waals surface area contributed by atoms with E-state index in [0.717, 1.165) is 30.6 Å². The number of furan rings is 1. The third-order valence-corrected chi connectivity index (χ3v) is 4.79. The third-order valence-electron chi connectivity index (χ3n) is 4.79. The number of carbonyl (C=O) groups excluding carboxylic acids is 1. The molecular formula is C21H19N3O2. The molecule has 0 radical (unpaired) electrons. The highest BCUT2D eigenvalue weighted by Gasteiger charge is 2.24. The Labute approximate surface area is 152 Å². The van der Waals surface area contributed by atoms with E-state index in [1.165, 1.54) is 5.56 Å². The molecule has 4 rings (SSSR count). The second-order valence-corrected chi connectivity index (χ2v) is 6.53. The molecule has 5 heteroatoms. The summed E-state index contributed by atoms with van der Waals surface area (Å²) in [6.07, 6.45) is 0. The number of carbonyl (C=O) groups is 1. The molecule has 0 N–H and O–H groups in total. The number of amides is 1. The van der Waals surface area contributed by atoms with E-state index in [1.54, 1.807) is 0 Å². The molecule has 0 bridgehead atoms.